The van der Waals surface area contributed by atoms with Crippen molar-refractivity contribution >= 4 is 27.7 Å². The van der Waals surface area contributed by atoms with Crippen LogP contribution in [0.1, 0.15) is 11.4 Å². The van der Waals surface area contributed by atoms with Crippen LogP contribution in [0.25, 0.3) is 0 Å². The Kier molecular flexibility index (Phi) is 5.88. The third kappa shape index (κ3) is 6.40. The summed E-state index contributed by atoms with van der Waals surface area (Å²) in [6.07, 6.45) is -4.53. The van der Waals surface area contributed by atoms with Crippen molar-refractivity contribution in [2.75, 3.05) is 16.6 Å². The number of urea groups is 1. The van der Waals surface area contributed by atoms with E-state index in [1.54, 1.807) is 25.2 Å². The van der Waals surface area contributed by atoms with Gasteiger partial charge < -0.3 is 10.6 Å². The third-order valence-corrected chi connectivity index (χ3v) is 4.42. The highest BCUT2D eigenvalue weighted by molar-refractivity contribution is 7.92. The number of hydrogen-bond acceptors (Lipinski definition) is 5. The number of carbonyl (C=O) groups is 1. The van der Waals surface area contributed by atoms with Crippen LogP contribution in [-0.2, 0) is 10.0 Å². The highest BCUT2D eigenvalue weighted by atomic mass is 32.2. The first kappa shape index (κ1) is 20.4. The SMILES string of the molecule is Cc1cc(C)nc(NS(=O)(=O)c2ccc(NC(=O)NCC(F)(F)F)cc2)n1. The Balaban J connectivity index is 2.06. The van der Waals surface area contributed by atoms with Gasteiger partial charge in [-0.05, 0) is 44.2 Å². The van der Waals surface area contributed by atoms with Gasteiger partial charge in [0, 0.05) is 17.1 Å². The summed E-state index contributed by atoms with van der Waals surface area (Å²) in [4.78, 5) is 19.2. The van der Waals surface area contributed by atoms with E-state index in [2.05, 4.69) is 20.0 Å². The van der Waals surface area contributed by atoms with Crippen LogP contribution in [0.15, 0.2) is 35.2 Å². The Bertz CT molecular complexity index is 910. The number of nitrogens with one attached hydrogen (secondary N) is 3. The number of benzene rings is 1. The molecule has 3 N–H and O–H groups in total. The number of anilines is 2. The predicted molar refractivity (Wildman–Crippen MR) is 91.8 cm³/mol. The predicted octanol–water partition coefficient (Wildman–Crippen LogP) is 2.58. The van der Waals surface area contributed by atoms with Crippen molar-refractivity contribution in [1.82, 2.24) is 15.3 Å². The van der Waals surface area contributed by atoms with Crippen molar-refractivity contribution in [2.45, 2.75) is 24.9 Å². The molecule has 27 heavy (non-hydrogen) atoms. The topological polar surface area (TPSA) is 113 Å². The maximum Gasteiger partial charge on any atom is 0.405 e. The summed E-state index contributed by atoms with van der Waals surface area (Å²) in [5.41, 5.74) is 1.30. The third-order valence-electron chi connectivity index (χ3n) is 3.08. The molecule has 0 fully saturated rings. The number of hydrogen-bond donors (Lipinski definition) is 3. The minimum atomic E-state index is -4.53. The van der Waals surface area contributed by atoms with Gasteiger partial charge >= 0.3 is 12.2 Å². The molecule has 1 heterocycles. The molecule has 0 aliphatic heterocycles. The van der Waals surface area contributed by atoms with Gasteiger partial charge in [0.2, 0.25) is 5.95 Å². The minimum absolute atomic E-state index is 0.0822. The molecule has 0 aliphatic rings. The fraction of sp³-hybridized carbons (Fsp3) is 0.267. The summed E-state index contributed by atoms with van der Waals surface area (Å²) >= 11 is 0. The fourth-order valence-corrected chi connectivity index (χ4v) is 2.97. The second-order valence-corrected chi connectivity index (χ2v) is 7.21. The molecule has 8 nitrogen and oxygen atoms in total. The zero-order valence-corrected chi connectivity index (χ0v) is 15.1. The molecule has 0 bridgehead atoms. The van der Waals surface area contributed by atoms with E-state index in [1.165, 1.54) is 24.3 Å². The number of sulfonamides is 1. The highest BCUT2D eigenvalue weighted by Gasteiger charge is 2.27. The lowest BCUT2D eigenvalue weighted by molar-refractivity contribution is -0.122. The van der Waals surface area contributed by atoms with Gasteiger partial charge in [0.1, 0.15) is 6.54 Å². The Morgan fingerprint density at radius 2 is 1.63 bits per heavy atom. The summed E-state index contributed by atoms with van der Waals surface area (Å²) in [7, 11) is -3.97. The van der Waals surface area contributed by atoms with E-state index in [9.17, 15) is 26.4 Å². The first-order valence-corrected chi connectivity index (χ1v) is 9.00. The molecule has 0 aliphatic carbocycles. The molecule has 0 saturated heterocycles. The average molecular weight is 403 g/mol. The molecule has 0 atom stereocenters. The number of alkyl halides is 3. The van der Waals surface area contributed by atoms with Crippen LogP contribution in [0.5, 0.6) is 0 Å². The summed E-state index contributed by atoms with van der Waals surface area (Å²) < 4.78 is 63.1. The molecule has 2 aromatic rings. The van der Waals surface area contributed by atoms with E-state index in [0.717, 1.165) is 0 Å². The largest absolute Gasteiger partial charge is 0.405 e. The smallest absolute Gasteiger partial charge is 0.329 e. The number of aromatic nitrogens is 2. The Labute approximate surface area is 153 Å². The van der Waals surface area contributed by atoms with Crippen molar-refractivity contribution in [3.05, 3.63) is 41.7 Å². The van der Waals surface area contributed by atoms with E-state index >= 15 is 0 Å². The highest BCUT2D eigenvalue weighted by Crippen LogP contribution is 2.17. The number of nitrogens with zero attached hydrogens (tertiary/aromatic N) is 2. The van der Waals surface area contributed by atoms with Crippen LogP contribution in [0, 0.1) is 13.8 Å². The fourth-order valence-electron chi connectivity index (χ4n) is 2.02. The Morgan fingerprint density at radius 3 is 2.15 bits per heavy atom. The number of amides is 2. The van der Waals surface area contributed by atoms with Crippen LogP contribution in [0.2, 0.25) is 0 Å². The second-order valence-electron chi connectivity index (χ2n) is 5.53. The minimum Gasteiger partial charge on any atom is -0.329 e. The summed E-state index contributed by atoms with van der Waals surface area (Å²) in [6, 6.07) is 5.47. The summed E-state index contributed by atoms with van der Waals surface area (Å²) in [5.74, 6) is -0.0822. The van der Waals surface area contributed by atoms with Crippen molar-refractivity contribution in [1.29, 1.82) is 0 Å². The molecule has 0 saturated carbocycles. The molecule has 12 heteroatoms. The molecule has 0 spiro atoms. The van der Waals surface area contributed by atoms with Crippen LogP contribution in [0.3, 0.4) is 0 Å². The van der Waals surface area contributed by atoms with E-state index in [0.29, 0.717) is 11.4 Å². The first-order valence-electron chi connectivity index (χ1n) is 7.51. The molecular formula is C15H16F3N5O3S. The number of carbonyl (C=O) groups excluding carboxylic acids is 1. The normalized spacial score (nSPS) is 11.7. The standard InChI is InChI=1S/C15H16F3N5O3S/c1-9-7-10(2)21-13(20-9)23-27(25,26)12-5-3-11(4-6-12)22-14(24)19-8-15(16,17)18/h3-7H,8H2,1-2H3,(H2,19,22,24)(H,20,21,23). The number of rotatable bonds is 5. The molecular weight excluding hydrogens is 387 g/mol. The quantitative estimate of drug-likeness (QED) is 0.710. The van der Waals surface area contributed by atoms with Crippen LogP contribution < -0.4 is 15.4 Å². The van der Waals surface area contributed by atoms with Crippen LogP contribution in [0.4, 0.5) is 29.6 Å². The first-order chi connectivity index (χ1) is 12.4. The van der Waals surface area contributed by atoms with Crippen LogP contribution >= 0.6 is 0 Å². The van der Waals surface area contributed by atoms with Gasteiger partial charge in [0.05, 0.1) is 4.90 Å². The zero-order chi connectivity index (χ0) is 20.2. The van der Waals surface area contributed by atoms with Gasteiger partial charge in [-0.15, -0.1) is 0 Å². The van der Waals surface area contributed by atoms with Crippen molar-refractivity contribution < 1.29 is 26.4 Å². The van der Waals surface area contributed by atoms with Crippen molar-refractivity contribution in [3.8, 4) is 0 Å². The number of aryl methyl sites for hydroxylation is 2. The molecule has 0 unspecified atom stereocenters. The van der Waals surface area contributed by atoms with Crippen molar-refractivity contribution in [3.63, 3.8) is 0 Å². The van der Waals surface area contributed by atoms with Gasteiger partial charge in [0.15, 0.2) is 0 Å². The Hall–Kier alpha value is -2.89. The van der Waals surface area contributed by atoms with Crippen molar-refractivity contribution in [2.24, 2.45) is 0 Å². The van der Waals surface area contributed by atoms with E-state index < -0.39 is 28.8 Å². The maximum atomic E-state index is 12.4. The molecule has 1 aromatic heterocycles. The van der Waals surface area contributed by atoms with Gasteiger partial charge in [-0.1, -0.05) is 0 Å². The lowest BCUT2D eigenvalue weighted by atomic mass is 10.3. The summed E-state index contributed by atoms with van der Waals surface area (Å²) in [6.45, 7) is 1.90. The molecule has 2 rings (SSSR count). The number of halogens is 3. The lowest BCUT2D eigenvalue weighted by Gasteiger charge is -2.11. The van der Waals surface area contributed by atoms with Crippen LogP contribution in [-0.4, -0.2) is 37.1 Å². The van der Waals surface area contributed by atoms with E-state index in [-0.39, 0.29) is 16.5 Å². The monoisotopic (exact) mass is 403 g/mol. The van der Waals surface area contributed by atoms with E-state index in [4.69, 9.17) is 0 Å². The Morgan fingerprint density at radius 1 is 1.07 bits per heavy atom. The maximum absolute atomic E-state index is 12.4. The van der Waals surface area contributed by atoms with Gasteiger partial charge in [-0.25, -0.2) is 27.9 Å². The zero-order valence-electron chi connectivity index (χ0n) is 14.3. The summed E-state index contributed by atoms with van der Waals surface area (Å²) in [5, 5.41) is 3.80. The molecule has 0 radical (unpaired) electrons. The lowest BCUT2D eigenvalue weighted by Crippen LogP contribution is -2.36. The molecule has 1 aromatic carbocycles. The molecule has 2 amide bonds. The second kappa shape index (κ2) is 7.78. The van der Waals surface area contributed by atoms with E-state index in [1.807, 2.05) is 0 Å². The average Bonchev–Trinajstić information content (AvgIpc) is 2.51. The van der Waals surface area contributed by atoms with Gasteiger partial charge in [0.25, 0.3) is 10.0 Å². The van der Waals surface area contributed by atoms with Gasteiger partial charge in [-0.2, -0.15) is 13.2 Å². The molecule has 146 valence electrons. The van der Waals surface area contributed by atoms with Gasteiger partial charge in [-0.3, -0.25) is 0 Å².